The number of aromatic nitrogens is 2. The quantitative estimate of drug-likeness (QED) is 0.709. The average molecular weight is 385 g/mol. The number of rotatable bonds is 5. The lowest BCUT2D eigenvalue weighted by Gasteiger charge is -2.22. The average Bonchev–Trinajstić information content (AvgIpc) is 3.36. The van der Waals surface area contributed by atoms with Crippen molar-refractivity contribution in [2.24, 2.45) is 7.05 Å². The van der Waals surface area contributed by atoms with E-state index >= 15 is 0 Å². The number of carbonyl (C=O) groups excluding carboxylic acids is 1. The summed E-state index contributed by atoms with van der Waals surface area (Å²) in [5, 5.41) is 8.14. The molecule has 0 saturated carbocycles. The fraction of sp³-hybridized carbons (Fsp3) is 0.300. The van der Waals surface area contributed by atoms with Gasteiger partial charge >= 0.3 is 6.03 Å². The molecule has 0 radical (unpaired) electrons. The fourth-order valence-corrected chi connectivity index (χ4v) is 3.75. The van der Waals surface area contributed by atoms with Gasteiger partial charge < -0.3 is 14.6 Å². The normalized spacial score (nSPS) is 12.8. The largest absolute Gasteiger partial charge is 0.467 e. The third-order valence-corrected chi connectivity index (χ3v) is 5.06. The first kappa shape index (κ1) is 17.7. The van der Waals surface area contributed by atoms with Gasteiger partial charge in [0.1, 0.15) is 5.76 Å². The van der Waals surface area contributed by atoms with Crippen LogP contribution in [0.15, 0.2) is 47.1 Å². The summed E-state index contributed by atoms with van der Waals surface area (Å²) in [7, 11) is 1.97. The second kappa shape index (κ2) is 7.48. The molecule has 1 aromatic carbocycles. The number of anilines is 1. The van der Waals surface area contributed by atoms with Gasteiger partial charge in [0.15, 0.2) is 0 Å². The Bertz CT molecular complexity index is 949. The molecule has 2 heterocycles. The van der Waals surface area contributed by atoms with Crippen LogP contribution in [0.5, 0.6) is 0 Å². The first-order valence-electron chi connectivity index (χ1n) is 8.97. The summed E-state index contributed by atoms with van der Waals surface area (Å²) in [4.78, 5) is 14.7. The van der Waals surface area contributed by atoms with Gasteiger partial charge in [0, 0.05) is 23.5 Å². The topological polar surface area (TPSA) is 63.3 Å². The fourth-order valence-electron chi connectivity index (χ4n) is 3.56. The minimum Gasteiger partial charge on any atom is -0.467 e. The maximum atomic E-state index is 13.0. The monoisotopic (exact) mass is 384 g/mol. The highest BCUT2D eigenvalue weighted by atomic mass is 35.5. The Balaban J connectivity index is 1.57. The van der Waals surface area contributed by atoms with Crippen molar-refractivity contribution in [3.8, 4) is 0 Å². The van der Waals surface area contributed by atoms with Gasteiger partial charge in [-0.1, -0.05) is 17.7 Å². The van der Waals surface area contributed by atoms with Gasteiger partial charge in [0.25, 0.3) is 0 Å². The molecular formula is C20H21ClN4O2. The first-order valence-corrected chi connectivity index (χ1v) is 9.35. The number of hydrogen-bond acceptors (Lipinski definition) is 3. The van der Waals surface area contributed by atoms with Crippen LogP contribution in [0.4, 0.5) is 10.5 Å². The van der Waals surface area contributed by atoms with Crippen LogP contribution < -0.4 is 5.32 Å². The van der Waals surface area contributed by atoms with Gasteiger partial charge in [-0.2, -0.15) is 5.10 Å². The summed E-state index contributed by atoms with van der Waals surface area (Å²) < 4.78 is 7.39. The molecule has 0 aliphatic heterocycles. The van der Waals surface area contributed by atoms with E-state index in [1.54, 1.807) is 29.4 Å². The molecule has 1 aliphatic carbocycles. The molecule has 27 heavy (non-hydrogen) atoms. The predicted molar refractivity (Wildman–Crippen MR) is 104 cm³/mol. The van der Waals surface area contributed by atoms with E-state index < -0.39 is 0 Å². The standard InChI is InChI=1S/C20H21ClN4O2/c1-24-19-9-3-8-17(19)18(23-24)13-25(12-16-7-4-10-27-16)20(26)22-15-6-2-5-14(21)11-15/h2,4-7,10-11H,3,8-9,12-13H2,1H3,(H,22,26). The molecule has 140 valence electrons. The van der Waals surface area contributed by atoms with Gasteiger partial charge in [-0.05, 0) is 55.2 Å². The van der Waals surface area contributed by atoms with Crippen molar-refractivity contribution in [3.63, 3.8) is 0 Å². The number of benzene rings is 1. The number of carbonyl (C=O) groups is 1. The van der Waals surface area contributed by atoms with Gasteiger partial charge in [0.05, 0.1) is 25.0 Å². The van der Waals surface area contributed by atoms with Crippen molar-refractivity contribution in [2.75, 3.05) is 5.32 Å². The van der Waals surface area contributed by atoms with Crippen LogP contribution in [0.3, 0.4) is 0 Å². The second-order valence-electron chi connectivity index (χ2n) is 6.73. The van der Waals surface area contributed by atoms with Crippen LogP contribution in [0.1, 0.15) is 29.1 Å². The van der Waals surface area contributed by atoms with Gasteiger partial charge in [-0.3, -0.25) is 4.68 Å². The SMILES string of the molecule is Cn1nc(CN(Cc2ccco2)C(=O)Nc2cccc(Cl)c2)c2c1CCC2. The summed E-state index contributed by atoms with van der Waals surface area (Å²) in [6, 6.07) is 10.6. The Morgan fingerprint density at radius 2 is 2.19 bits per heavy atom. The van der Waals surface area contributed by atoms with E-state index in [0.717, 1.165) is 30.7 Å². The number of urea groups is 1. The Labute approximate surface area is 162 Å². The molecule has 7 heteroatoms. The van der Waals surface area contributed by atoms with Crippen LogP contribution in [0.25, 0.3) is 0 Å². The van der Waals surface area contributed by atoms with E-state index in [0.29, 0.717) is 23.8 Å². The van der Waals surface area contributed by atoms with Crippen LogP contribution >= 0.6 is 11.6 Å². The number of nitrogens with one attached hydrogen (secondary N) is 1. The first-order chi connectivity index (χ1) is 13.1. The van der Waals surface area contributed by atoms with Crippen molar-refractivity contribution in [3.05, 3.63) is 70.4 Å². The molecule has 0 spiro atoms. The lowest BCUT2D eigenvalue weighted by molar-refractivity contribution is 0.200. The zero-order chi connectivity index (χ0) is 18.8. The summed E-state index contributed by atoms with van der Waals surface area (Å²) in [6.07, 6.45) is 4.82. The molecule has 1 N–H and O–H groups in total. The minimum atomic E-state index is -0.217. The van der Waals surface area contributed by atoms with Gasteiger partial charge in [0.2, 0.25) is 0 Å². The zero-order valence-corrected chi connectivity index (χ0v) is 15.9. The van der Waals surface area contributed by atoms with Crippen molar-refractivity contribution >= 4 is 23.3 Å². The molecular weight excluding hydrogens is 364 g/mol. The van der Waals surface area contributed by atoms with Gasteiger partial charge in [-0.25, -0.2) is 4.79 Å². The molecule has 0 atom stereocenters. The zero-order valence-electron chi connectivity index (χ0n) is 15.1. The maximum Gasteiger partial charge on any atom is 0.322 e. The van der Waals surface area contributed by atoms with E-state index in [1.165, 1.54) is 11.3 Å². The maximum absolute atomic E-state index is 13.0. The molecule has 2 amide bonds. The van der Waals surface area contributed by atoms with E-state index in [4.69, 9.17) is 16.0 Å². The van der Waals surface area contributed by atoms with Crippen LogP contribution in [0, 0.1) is 0 Å². The minimum absolute atomic E-state index is 0.217. The molecule has 2 aromatic heterocycles. The highest BCUT2D eigenvalue weighted by Crippen LogP contribution is 2.26. The summed E-state index contributed by atoms with van der Waals surface area (Å²) in [6.45, 7) is 0.793. The number of nitrogens with zero attached hydrogens (tertiary/aromatic N) is 3. The Kier molecular flexibility index (Phi) is 4.90. The number of amides is 2. The molecule has 4 rings (SSSR count). The van der Waals surface area contributed by atoms with E-state index in [9.17, 15) is 4.79 Å². The van der Waals surface area contributed by atoms with Crippen LogP contribution in [0.2, 0.25) is 5.02 Å². The number of furan rings is 1. The van der Waals surface area contributed by atoms with Crippen molar-refractivity contribution in [1.29, 1.82) is 0 Å². The van der Waals surface area contributed by atoms with Crippen LogP contribution in [-0.4, -0.2) is 20.7 Å². The molecule has 0 bridgehead atoms. The number of fused-ring (bicyclic) bond motifs is 1. The smallest absolute Gasteiger partial charge is 0.322 e. The van der Waals surface area contributed by atoms with Gasteiger partial charge in [-0.15, -0.1) is 0 Å². The lowest BCUT2D eigenvalue weighted by Crippen LogP contribution is -2.34. The van der Waals surface area contributed by atoms with Crippen molar-refractivity contribution < 1.29 is 9.21 Å². The molecule has 3 aromatic rings. The summed E-state index contributed by atoms with van der Waals surface area (Å²) >= 11 is 6.03. The highest BCUT2D eigenvalue weighted by Gasteiger charge is 2.24. The Morgan fingerprint density at radius 1 is 1.30 bits per heavy atom. The third kappa shape index (κ3) is 3.85. The molecule has 0 unspecified atom stereocenters. The lowest BCUT2D eigenvalue weighted by atomic mass is 10.2. The third-order valence-electron chi connectivity index (χ3n) is 4.83. The molecule has 1 aliphatic rings. The van der Waals surface area contributed by atoms with E-state index in [-0.39, 0.29) is 6.03 Å². The summed E-state index contributed by atoms with van der Waals surface area (Å²) in [5.41, 5.74) is 4.16. The van der Waals surface area contributed by atoms with E-state index in [2.05, 4.69) is 10.4 Å². The Morgan fingerprint density at radius 3 is 2.96 bits per heavy atom. The van der Waals surface area contributed by atoms with Crippen LogP contribution in [-0.2, 0) is 33.0 Å². The number of aryl methyl sites for hydroxylation is 1. The Hall–Kier alpha value is -2.73. The second-order valence-corrected chi connectivity index (χ2v) is 7.16. The molecule has 0 saturated heterocycles. The summed E-state index contributed by atoms with van der Waals surface area (Å²) in [5.74, 6) is 0.726. The molecule has 6 nitrogen and oxygen atoms in total. The number of hydrogen-bond donors (Lipinski definition) is 1. The highest BCUT2D eigenvalue weighted by molar-refractivity contribution is 6.30. The number of halogens is 1. The van der Waals surface area contributed by atoms with Crippen molar-refractivity contribution in [2.45, 2.75) is 32.4 Å². The van der Waals surface area contributed by atoms with Crippen molar-refractivity contribution in [1.82, 2.24) is 14.7 Å². The van der Waals surface area contributed by atoms with E-state index in [1.807, 2.05) is 29.9 Å². The molecule has 0 fully saturated rings. The predicted octanol–water partition coefficient (Wildman–Crippen LogP) is 4.39.